The third-order valence-corrected chi connectivity index (χ3v) is 4.84. The highest BCUT2D eigenvalue weighted by atomic mass is 16.1. The van der Waals surface area contributed by atoms with Crippen LogP contribution in [0.2, 0.25) is 0 Å². The zero-order valence-electron chi connectivity index (χ0n) is 15.0. The highest BCUT2D eigenvalue weighted by molar-refractivity contribution is 6.02. The topological polar surface area (TPSA) is 34.0 Å². The summed E-state index contributed by atoms with van der Waals surface area (Å²) in [6, 6.07) is 8.96. The molecule has 0 saturated heterocycles. The minimum absolute atomic E-state index is 0.0739. The van der Waals surface area contributed by atoms with Crippen LogP contribution in [0.25, 0.3) is 6.08 Å². The number of nitrogens with one attached hydrogen (secondary N) is 1. The summed E-state index contributed by atoms with van der Waals surface area (Å²) in [6.45, 7) is 8.41. The van der Waals surface area contributed by atoms with E-state index in [1.807, 2.05) is 25.1 Å². The Balaban J connectivity index is 1.76. The number of carbonyl (C=O) groups excluding carboxylic acids is 1. The summed E-state index contributed by atoms with van der Waals surface area (Å²) in [4.78, 5) is 12.4. The number of rotatable bonds is 5. The molecular formula is C21H26N2O. The molecule has 1 fully saturated rings. The second kappa shape index (κ2) is 6.68. The fraction of sp³-hybridized carbons (Fsp3) is 0.381. The first-order valence-electron chi connectivity index (χ1n) is 8.77. The van der Waals surface area contributed by atoms with E-state index in [4.69, 9.17) is 0 Å². The summed E-state index contributed by atoms with van der Waals surface area (Å²) in [5, 5.41) is 3.04. The van der Waals surface area contributed by atoms with Crippen molar-refractivity contribution < 1.29 is 4.79 Å². The molecule has 24 heavy (non-hydrogen) atoms. The molecule has 0 radical (unpaired) electrons. The van der Waals surface area contributed by atoms with E-state index in [2.05, 4.69) is 42.8 Å². The molecule has 0 bridgehead atoms. The third kappa shape index (κ3) is 3.30. The molecule has 3 heteroatoms. The molecule has 0 atom stereocenters. The maximum Gasteiger partial charge on any atom is 0.248 e. The molecule has 126 valence electrons. The summed E-state index contributed by atoms with van der Waals surface area (Å²) in [5.74, 6) is -0.0739. The number of amides is 1. The van der Waals surface area contributed by atoms with Crippen LogP contribution in [0.5, 0.6) is 0 Å². The minimum atomic E-state index is -0.0739. The van der Waals surface area contributed by atoms with Crippen molar-refractivity contribution in [2.75, 3.05) is 5.32 Å². The lowest BCUT2D eigenvalue weighted by molar-refractivity contribution is -0.111. The largest absolute Gasteiger partial charge is 0.346 e. The number of hydrogen-bond donors (Lipinski definition) is 1. The summed E-state index contributed by atoms with van der Waals surface area (Å²) in [5.41, 5.74) is 6.88. The van der Waals surface area contributed by atoms with Crippen molar-refractivity contribution >= 4 is 17.7 Å². The quantitative estimate of drug-likeness (QED) is 0.775. The Labute approximate surface area is 144 Å². The standard InChI is InChI=1S/C21H26N2O/c1-5-17-8-6-7-14(2)21(17)22-20(24)12-9-18-13-15(3)23(16(18)4)19-10-11-19/h6-9,12-13,19H,5,10-11H2,1-4H3,(H,22,24)/b12-9+. The van der Waals surface area contributed by atoms with Crippen LogP contribution in [0.15, 0.2) is 30.3 Å². The smallest absolute Gasteiger partial charge is 0.248 e. The molecule has 3 rings (SSSR count). The predicted molar refractivity (Wildman–Crippen MR) is 100 cm³/mol. The zero-order valence-corrected chi connectivity index (χ0v) is 15.0. The zero-order chi connectivity index (χ0) is 17.3. The van der Waals surface area contributed by atoms with Gasteiger partial charge in [-0.1, -0.05) is 25.1 Å². The van der Waals surface area contributed by atoms with E-state index in [0.717, 1.165) is 23.2 Å². The van der Waals surface area contributed by atoms with Crippen molar-refractivity contribution in [3.8, 4) is 0 Å². The lowest BCUT2D eigenvalue weighted by Crippen LogP contribution is -2.11. The monoisotopic (exact) mass is 322 g/mol. The fourth-order valence-electron chi connectivity index (χ4n) is 3.40. The van der Waals surface area contributed by atoms with Gasteiger partial charge in [0.1, 0.15) is 0 Å². The number of benzene rings is 1. The molecule has 0 unspecified atom stereocenters. The summed E-state index contributed by atoms with van der Waals surface area (Å²) in [7, 11) is 0. The van der Waals surface area contributed by atoms with Gasteiger partial charge in [0.2, 0.25) is 5.91 Å². The normalized spacial score (nSPS) is 14.3. The van der Waals surface area contributed by atoms with Crippen LogP contribution in [0.4, 0.5) is 5.69 Å². The Morgan fingerprint density at radius 1 is 1.29 bits per heavy atom. The van der Waals surface area contributed by atoms with Gasteiger partial charge in [0.05, 0.1) is 0 Å². The maximum atomic E-state index is 12.4. The van der Waals surface area contributed by atoms with Crippen molar-refractivity contribution in [3.63, 3.8) is 0 Å². The predicted octanol–water partition coefficient (Wildman–Crippen LogP) is 4.96. The van der Waals surface area contributed by atoms with E-state index in [0.29, 0.717) is 6.04 Å². The van der Waals surface area contributed by atoms with Crippen molar-refractivity contribution in [3.05, 3.63) is 58.4 Å². The highest BCUT2D eigenvalue weighted by Crippen LogP contribution is 2.38. The number of para-hydroxylation sites is 1. The maximum absolute atomic E-state index is 12.4. The first-order valence-corrected chi connectivity index (χ1v) is 8.77. The van der Waals surface area contributed by atoms with Crippen LogP contribution >= 0.6 is 0 Å². The first kappa shape index (κ1) is 16.6. The molecule has 1 heterocycles. The average Bonchev–Trinajstić information content (AvgIpc) is 3.33. The molecule has 1 aromatic heterocycles. The Morgan fingerprint density at radius 3 is 2.71 bits per heavy atom. The Hall–Kier alpha value is -2.29. The van der Waals surface area contributed by atoms with Crippen LogP contribution in [0.3, 0.4) is 0 Å². The summed E-state index contributed by atoms with van der Waals surface area (Å²) < 4.78 is 2.40. The number of nitrogens with zero attached hydrogens (tertiary/aromatic N) is 1. The SMILES string of the molecule is CCc1cccc(C)c1NC(=O)/C=C/c1cc(C)n(C2CC2)c1C. The third-order valence-electron chi connectivity index (χ3n) is 4.84. The number of anilines is 1. The lowest BCUT2D eigenvalue weighted by Gasteiger charge is -2.11. The Bertz CT molecular complexity index is 794. The van der Waals surface area contributed by atoms with Gasteiger partial charge in [-0.25, -0.2) is 0 Å². The average molecular weight is 322 g/mol. The highest BCUT2D eigenvalue weighted by Gasteiger charge is 2.26. The van der Waals surface area contributed by atoms with E-state index >= 15 is 0 Å². The molecule has 0 spiro atoms. The van der Waals surface area contributed by atoms with Gasteiger partial charge in [0, 0.05) is 29.2 Å². The number of hydrogen-bond acceptors (Lipinski definition) is 1. The molecule has 1 aliphatic carbocycles. The van der Waals surface area contributed by atoms with Gasteiger partial charge in [0.25, 0.3) is 0 Å². The Morgan fingerprint density at radius 2 is 2.04 bits per heavy atom. The van der Waals surface area contributed by atoms with Gasteiger partial charge in [-0.15, -0.1) is 0 Å². The van der Waals surface area contributed by atoms with E-state index in [-0.39, 0.29) is 5.91 Å². The molecule has 1 saturated carbocycles. The summed E-state index contributed by atoms with van der Waals surface area (Å²) >= 11 is 0. The number of carbonyl (C=O) groups is 1. The van der Waals surface area contributed by atoms with Crippen molar-refractivity contribution in [1.82, 2.24) is 4.57 Å². The minimum Gasteiger partial charge on any atom is -0.346 e. The van der Waals surface area contributed by atoms with Crippen molar-refractivity contribution in [1.29, 1.82) is 0 Å². The van der Waals surface area contributed by atoms with Crippen LogP contribution in [-0.2, 0) is 11.2 Å². The van der Waals surface area contributed by atoms with Gasteiger partial charge < -0.3 is 9.88 Å². The van der Waals surface area contributed by atoms with E-state index in [1.54, 1.807) is 6.08 Å². The second-order valence-corrected chi connectivity index (χ2v) is 6.71. The van der Waals surface area contributed by atoms with Gasteiger partial charge in [-0.2, -0.15) is 0 Å². The molecule has 1 N–H and O–H groups in total. The van der Waals surface area contributed by atoms with Gasteiger partial charge in [-0.05, 0) is 68.9 Å². The van der Waals surface area contributed by atoms with Gasteiger partial charge in [0.15, 0.2) is 0 Å². The molecule has 1 amide bonds. The number of aromatic nitrogens is 1. The van der Waals surface area contributed by atoms with Crippen LogP contribution in [-0.4, -0.2) is 10.5 Å². The lowest BCUT2D eigenvalue weighted by atomic mass is 10.1. The van der Waals surface area contributed by atoms with E-state index in [9.17, 15) is 4.79 Å². The van der Waals surface area contributed by atoms with Crippen LogP contribution < -0.4 is 5.32 Å². The number of aryl methyl sites for hydroxylation is 3. The molecular weight excluding hydrogens is 296 g/mol. The summed E-state index contributed by atoms with van der Waals surface area (Å²) in [6.07, 6.45) is 7.02. The van der Waals surface area contributed by atoms with Gasteiger partial charge >= 0.3 is 0 Å². The Kier molecular flexibility index (Phi) is 4.61. The molecule has 0 aliphatic heterocycles. The van der Waals surface area contributed by atoms with Crippen LogP contribution in [0.1, 0.15) is 53.9 Å². The first-order chi connectivity index (χ1) is 11.5. The molecule has 1 aliphatic rings. The van der Waals surface area contributed by atoms with E-state index < -0.39 is 0 Å². The van der Waals surface area contributed by atoms with Crippen molar-refractivity contribution in [2.24, 2.45) is 0 Å². The van der Waals surface area contributed by atoms with E-state index in [1.165, 1.54) is 29.8 Å². The fourth-order valence-corrected chi connectivity index (χ4v) is 3.40. The second-order valence-electron chi connectivity index (χ2n) is 6.71. The van der Waals surface area contributed by atoms with Crippen molar-refractivity contribution in [2.45, 2.75) is 53.0 Å². The molecule has 1 aromatic carbocycles. The molecule has 2 aromatic rings. The molecule has 3 nitrogen and oxygen atoms in total. The van der Waals surface area contributed by atoms with Crippen LogP contribution in [0, 0.1) is 20.8 Å². The van der Waals surface area contributed by atoms with Gasteiger partial charge in [-0.3, -0.25) is 4.79 Å².